The Kier molecular flexibility index (Phi) is 7.85. The van der Waals surface area contributed by atoms with Crippen LogP contribution in [0.5, 0.6) is 0 Å². The van der Waals surface area contributed by atoms with E-state index in [4.69, 9.17) is 4.42 Å². The summed E-state index contributed by atoms with van der Waals surface area (Å²) in [4.78, 5) is 32.5. The molecule has 1 N–H and O–H groups in total. The molecule has 10 nitrogen and oxygen atoms in total. The lowest BCUT2D eigenvalue weighted by molar-refractivity contribution is -0.128. The van der Waals surface area contributed by atoms with Crippen molar-refractivity contribution >= 4 is 23.2 Å². The van der Waals surface area contributed by atoms with Gasteiger partial charge in [0.2, 0.25) is 11.7 Å². The van der Waals surface area contributed by atoms with Crippen LogP contribution in [0.25, 0.3) is 11.6 Å². The maximum atomic E-state index is 14.0. The number of hydrogen-bond donors (Lipinski definition) is 1. The molecule has 2 amide bonds. The highest BCUT2D eigenvalue weighted by atomic mass is 16.3. The van der Waals surface area contributed by atoms with E-state index in [-0.39, 0.29) is 24.2 Å². The van der Waals surface area contributed by atoms with Crippen LogP contribution in [-0.4, -0.2) is 51.7 Å². The van der Waals surface area contributed by atoms with Gasteiger partial charge in [0.1, 0.15) is 18.3 Å². The maximum Gasteiger partial charge on any atom is 0.251 e. The summed E-state index contributed by atoms with van der Waals surface area (Å²) in [6.07, 6.45) is 0. The van der Waals surface area contributed by atoms with Crippen molar-refractivity contribution in [2.24, 2.45) is 0 Å². The van der Waals surface area contributed by atoms with Gasteiger partial charge < -0.3 is 14.6 Å². The van der Waals surface area contributed by atoms with Crippen LogP contribution in [0.4, 0.5) is 11.4 Å². The number of nitrogens with zero attached hydrogens (tertiary/aromatic N) is 6. The molecule has 0 saturated carbocycles. The van der Waals surface area contributed by atoms with E-state index >= 15 is 0 Å². The average Bonchev–Trinajstić information content (AvgIpc) is 3.51. The third-order valence-corrected chi connectivity index (χ3v) is 6.00. The van der Waals surface area contributed by atoms with Crippen LogP contribution < -0.4 is 15.1 Å². The second-order valence-electron chi connectivity index (χ2n) is 10.8. The van der Waals surface area contributed by atoms with Crippen LogP contribution in [0.3, 0.4) is 0 Å². The summed E-state index contributed by atoms with van der Waals surface area (Å²) in [7, 11) is 3.90. The van der Waals surface area contributed by atoms with Crippen LogP contribution in [-0.2, 0) is 16.1 Å². The summed E-state index contributed by atoms with van der Waals surface area (Å²) in [6, 6.07) is 17.7. The van der Waals surface area contributed by atoms with E-state index in [1.165, 1.54) is 9.70 Å². The largest absolute Gasteiger partial charge is 0.458 e. The van der Waals surface area contributed by atoms with Crippen molar-refractivity contribution in [3.8, 4) is 11.6 Å². The molecule has 4 rings (SSSR count). The Morgan fingerprint density at radius 3 is 2.15 bits per heavy atom. The van der Waals surface area contributed by atoms with Gasteiger partial charge in [-0.1, -0.05) is 29.8 Å². The molecule has 2 aromatic heterocycles. The second-order valence-corrected chi connectivity index (χ2v) is 10.8. The quantitative estimate of drug-likeness (QED) is 0.362. The number of furan rings is 1. The highest BCUT2D eigenvalue weighted by Gasteiger charge is 2.35. The van der Waals surface area contributed by atoms with E-state index in [2.05, 4.69) is 20.7 Å². The van der Waals surface area contributed by atoms with Gasteiger partial charge in [-0.15, -0.1) is 10.2 Å². The topological polar surface area (TPSA) is 109 Å². The summed E-state index contributed by atoms with van der Waals surface area (Å²) in [5.74, 6) is 0.788. The number of hydrogen-bond acceptors (Lipinski definition) is 7. The van der Waals surface area contributed by atoms with E-state index in [0.29, 0.717) is 17.0 Å². The maximum absolute atomic E-state index is 14.0. The summed E-state index contributed by atoms with van der Waals surface area (Å²) < 4.78 is 5.59. The van der Waals surface area contributed by atoms with Crippen molar-refractivity contribution in [2.75, 3.05) is 23.9 Å². The molecule has 0 fully saturated rings. The van der Waals surface area contributed by atoms with Gasteiger partial charge in [0, 0.05) is 31.0 Å². The van der Waals surface area contributed by atoms with Crippen molar-refractivity contribution < 1.29 is 14.0 Å². The Hall–Kier alpha value is -4.47. The fraction of sp³-hybridized carbons (Fsp3) is 0.345. The molecule has 4 aromatic rings. The zero-order chi connectivity index (χ0) is 28.3. The molecule has 0 aliphatic heterocycles. The lowest BCUT2D eigenvalue weighted by Crippen LogP contribution is -2.50. The summed E-state index contributed by atoms with van der Waals surface area (Å²) >= 11 is 0. The molecule has 1 atom stereocenters. The zero-order valence-electron chi connectivity index (χ0n) is 23.5. The Morgan fingerprint density at radius 2 is 1.59 bits per heavy atom. The van der Waals surface area contributed by atoms with Gasteiger partial charge in [-0.25, -0.2) is 0 Å². The van der Waals surface area contributed by atoms with Gasteiger partial charge in [-0.2, -0.15) is 4.80 Å². The predicted octanol–water partition coefficient (Wildman–Crippen LogP) is 4.31. The minimum absolute atomic E-state index is 0.227. The van der Waals surface area contributed by atoms with Gasteiger partial charge in [0.05, 0.1) is 0 Å². The first-order chi connectivity index (χ1) is 18.4. The van der Waals surface area contributed by atoms with E-state index < -0.39 is 11.6 Å². The molecule has 204 valence electrons. The lowest BCUT2D eigenvalue weighted by atomic mass is 10.00. The van der Waals surface area contributed by atoms with Crippen molar-refractivity contribution in [1.29, 1.82) is 0 Å². The van der Waals surface area contributed by atoms with Gasteiger partial charge in [0.25, 0.3) is 5.91 Å². The molecule has 0 aliphatic rings. The number of rotatable bonds is 8. The Labute approximate surface area is 228 Å². The number of aromatic nitrogens is 4. The van der Waals surface area contributed by atoms with Crippen LogP contribution in [0.15, 0.2) is 65.1 Å². The highest BCUT2D eigenvalue weighted by molar-refractivity contribution is 6.01. The summed E-state index contributed by atoms with van der Waals surface area (Å²) in [5, 5.41) is 15.5. The number of nitrogens with one attached hydrogen (secondary N) is 1. The minimum Gasteiger partial charge on any atom is -0.458 e. The van der Waals surface area contributed by atoms with E-state index in [1.807, 2.05) is 102 Å². The minimum atomic E-state index is -0.939. The van der Waals surface area contributed by atoms with Crippen molar-refractivity contribution in [3.05, 3.63) is 77.6 Å². The van der Waals surface area contributed by atoms with Crippen molar-refractivity contribution in [2.45, 2.75) is 52.7 Å². The van der Waals surface area contributed by atoms with Gasteiger partial charge in [0.15, 0.2) is 5.76 Å². The van der Waals surface area contributed by atoms with Gasteiger partial charge >= 0.3 is 0 Å². The van der Waals surface area contributed by atoms with E-state index in [0.717, 1.165) is 17.0 Å². The average molecular weight is 530 g/mol. The first kappa shape index (κ1) is 27.6. The van der Waals surface area contributed by atoms with Gasteiger partial charge in [-0.3, -0.25) is 14.5 Å². The Bertz CT molecular complexity index is 1430. The number of carbonyl (C=O) groups excluding carboxylic acids is 2. The number of anilines is 2. The lowest BCUT2D eigenvalue weighted by Gasteiger charge is -2.34. The molecular formula is C29H35N7O3. The first-order valence-electron chi connectivity index (χ1n) is 12.7. The fourth-order valence-corrected chi connectivity index (χ4v) is 4.11. The number of aryl methyl sites for hydroxylation is 2. The molecule has 0 spiro atoms. The third-order valence-electron chi connectivity index (χ3n) is 6.00. The summed E-state index contributed by atoms with van der Waals surface area (Å²) in [6.45, 7) is 9.29. The first-order valence-corrected chi connectivity index (χ1v) is 12.7. The predicted molar refractivity (Wildman–Crippen MR) is 150 cm³/mol. The molecular weight excluding hydrogens is 494 g/mol. The van der Waals surface area contributed by atoms with E-state index in [1.54, 1.807) is 12.1 Å². The molecule has 0 saturated heterocycles. The summed E-state index contributed by atoms with van der Waals surface area (Å²) in [5.41, 5.74) is 2.76. The smallest absolute Gasteiger partial charge is 0.251 e. The Morgan fingerprint density at radius 1 is 0.949 bits per heavy atom. The van der Waals surface area contributed by atoms with Crippen LogP contribution in [0.2, 0.25) is 0 Å². The van der Waals surface area contributed by atoms with Crippen LogP contribution >= 0.6 is 0 Å². The molecule has 2 aromatic carbocycles. The molecule has 0 bridgehead atoms. The third kappa shape index (κ3) is 6.70. The monoisotopic (exact) mass is 529 g/mol. The molecule has 39 heavy (non-hydrogen) atoms. The molecule has 2 heterocycles. The SMILES string of the molecule is Cc1ccc(N(C(=O)Cn2nnc(-c3ccc(C)o3)n2)[C@@H](C(=O)NC(C)(C)C)c2ccc(N(C)C)cc2)cc1. The highest BCUT2D eigenvalue weighted by Crippen LogP contribution is 2.30. The molecule has 0 radical (unpaired) electrons. The number of benzene rings is 2. The standard InChI is InChI=1S/C29H35N7O3/c1-19-8-13-23(14-9-19)36(25(37)18-35-32-27(31-33-35)24-17-10-20(2)39-24)26(28(38)30-29(3,4)5)21-11-15-22(16-12-21)34(6)7/h8-17,26H,18H2,1-7H3,(H,30,38)/t26-/m1/s1. The second kappa shape index (κ2) is 11.1. The van der Waals surface area contributed by atoms with Crippen molar-refractivity contribution in [1.82, 2.24) is 25.5 Å². The van der Waals surface area contributed by atoms with Crippen molar-refractivity contribution in [3.63, 3.8) is 0 Å². The number of tetrazole rings is 1. The molecule has 0 unspecified atom stereocenters. The number of carbonyl (C=O) groups is 2. The Balaban J connectivity index is 1.75. The van der Waals surface area contributed by atoms with E-state index in [9.17, 15) is 9.59 Å². The van der Waals surface area contributed by atoms with Crippen LogP contribution in [0, 0.1) is 13.8 Å². The normalized spacial score (nSPS) is 12.2. The molecule has 10 heteroatoms. The van der Waals surface area contributed by atoms with Gasteiger partial charge in [-0.05, 0) is 81.8 Å². The fourth-order valence-electron chi connectivity index (χ4n) is 4.11. The molecule has 0 aliphatic carbocycles. The zero-order valence-corrected chi connectivity index (χ0v) is 23.5. The van der Waals surface area contributed by atoms with Crippen LogP contribution in [0.1, 0.15) is 43.7 Å². The number of amides is 2.